The second kappa shape index (κ2) is 10.6. The molecule has 8 nitrogen and oxygen atoms in total. The van der Waals surface area contributed by atoms with Gasteiger partial charge in [-0.3, -0.25) is 0 Å². The van der Waals surface area contributed by atoms with Gasteiger partial charge in [0, 0.05) is 11.8 Å². The van der Waals surface area contributed by atoms with Gasteiger partial charge in [0.15, 0.2) is 5.65 Å². The summed E-state index contributed by atoms with van der Waals surface area (Å²) in [6.45, 7) is 0. The van der Waals surface area contributed by atoms with E-state index in [-0.39, 0.29) is 0 Å². The highest BCUT2D eigenvalue weighted by Crippen LogP contribution is 2.42. The molecule has 0 radical (unpaired) electrons. The van der Waals surface area contributed by atoms with Crippen LogP contribution in [0.25, 0.3) is 39.2 Å². The number of ether oxygens (including phenoxy) is 2. The zero-order valence-electron chi connectivity index (χ0n) is 21.9. The number of nitrogens with one attached hydrogen (secondary N) is 1. The molecule has 1 N–H and O–H groups in total. The van der Waals surface area contributed by atoms with Crippen LogP contribution >= 0.6 is 0 Å². The predicted octanol–water partition coefficient (Wildman–Crippen LogP) is 6.76. The van der Waals surface area contributed by atoms with Crippen molar-refractivity contribution in [3.05, 3.63) is 109 Å². The number of hydrogen-bond donors (Lipinski definition) is 1. The molecule has 6 rings (SSSR count). The topological polar surface area (TPSA) is 97.4 Å². The van der Waals surface area contributed by atoms with Crippen LogP contribution in [0.3, 0.4) is 0 Å². The zero-order valence-corrected chi connectivity index (χ0v) is 21.9. The molecule has 3 heterocycles. The van der Waals surface area contributed by atoms with Gasteiger partial charge < -0.3 is 14.8 Å². The first-order chi connectivity index (χ1) is 19.7. The molecule has 3 aromatic carbocycles. The van der Waals surface area contributed by atoms with Crippen LogP contribution in [0.4, 0.5) is 11.6 Å². The van der Waals surface area contributed by atoms with E-state index in [9.17, 15) is 5.26 Å². The summed E-state index contributed by atoms with van der Waals surface area (Å²) in [4.78, 5) is 9.56. The van der Waals surface area contributed by atoms with Crippen molar-refractivity contribution < 1.29 is 9.47 Å². The van der Waals surface area contributed by atoms with Gasteiger partial charge in [-0.05, 0) is 35.4 Å². The fourth-order valence-corrected chi connectivity index (χ4v) is 4.68. The molecule has 0 bridgehead atoms. The van der Waals surface area contributed by atoms with E-state index >= 15 is 0 Å². The maximum atomic E-state index is 9.44. The monoisotopic (exact) mass is 524 g/mol. The normalized spacial score (nSPS) is 10.7. The third-order valence-corrected chi connectivity index (χ3v) is 6.54. The minimum Gasteiger partial charge on any atom is -0.497 e. The number of aromatic nitrogens is 4. The van der Waals surface area contributed by atoms with Crippen LogP contribution in [-0.4, -0.2) is 33.8 Å². The van der Waals surface area contributed by atoms with Crippen molar-refractivity contribution in [3.8, 4) is 51.2 Å². The summed E-state index contributed by atoms with van der Waals surface area (Å²) in [5.74, 6) is 2.21. The van der Waals surface area contributed by atoms with Crippen molar-refractivity contribution in [2.75, 3.05) is 19.5 Å². The van der Waals surface area contributed by atoms with Crippen molar-refractivity contribution in [1.82, 2.24) is 19.6 Å². The largest absolute Gasteiger partial charge is 0.497 e. The van der Waals surface area contributed by atoms with E-state index in [4.69, 9.17) is 19.6 Å². The Bertz CT molecular complexity index is 1840. The standard InChI is InChI=1S/C32H24N6O2/c1-39-25-15-13-23(14-16-25)28-30(35-26-19-21(20-33)17-18-34-26)36-31-27(22-9-5-3-6-10-22)29(24-11-7-4-8-12-24)37-38(31)32(28)40-2/h3-19H,1-2H3,(H,34,35,36). The molecule has 0 atom stereocenters. The molecule has 40 heavy (non-hydrogen) atoms. The average Bonchev–Trinajstić information content (AvgIpc) is 3.40. The number of fused-ring (bicyclic) bond motifs is 1. The Morgan fingerprint density at radius 1 is 0.775 bits per heavy atom. The third-order valence-electron chi connectivity index (χ3n) is 6.54. The average molecular weight is 525 g/mol. The van der Waals surface area contributed by atoms with Crippen molar-refractivity contribution in [2.24, 2.45) is 0 Å². The zero-order chi connectivity index (χ0) is 27.5. The molecule has 0 saturated heterocycles. The number of anilines is 2. The Hall–Kier alpha value is -5.68. The van der Waals surface area contributed by atoms with E-state index in [1.165, 1.54) is 0 Å². The molecular formula is C32H24N6O2. The fourth-order valence-electron chi connectivity index (χ4n) is 4.68. The highest BCUT2D eigenvalue weighted by molar-refractivity contribution is 5.94. The summed E-state index contributed by atoms with van der Waals surface area (Å²) in [7, 11) is 3.25. The predicted molar refractivity (Wildman–Crippen MR) is 155 cm³/mol. The van der Waals surface area contributed by atoms with E-state index in [0.717, 1.165) is 33.7 Å². The maximum absolute atomic E-state index is 9.44. The Morgan fingerprint density at radius 3 is 2.10 bits per heavy atom. The SMILES string of the molecule is COc1ccc(-c2c(Nc3cc(C#N)ccn3)nc3c(-c4ccccc4)c(-c4ccccc4)nn3c2OC)cc1. The molecule has 0 saturated carbocycles. The van der Waals surface area contributed by atoms with Crippen molar-refractivity contribution in [3.63, 3.8) is 0 Å². The lowest BCUT2D eigenvalue weighted by Crippen LogP contribution is -2.06. The summed E-state index contributed by atoms with van der Waals surface area (Å²) < 4.78 is 13.2. The molecule has 0 aliphatic heterocycles. The fraction of sp³-hybridized carbons (Fsp3) is 0.0625. The summed E-state index contributed by atoms with van der Waals surface area (Å²) in [5, 5.41) is 17.8. The molecule has 0 unspecified atom stereocenters. The lowest BCUT2D eigenvalue weighted by atomic mass is 10.0. The van der Waals surface area contributed by atoms with Gasteiger partial charge in [0.05, 0.1) is 37.0 Å². The van der Waals surface area contributed by atoms with Gasteiger partial charge in [-0.2, -0.15) is 14.9 Å². The minimum atomic E-state index is 0.483. The first-order valence-corrected chi connectivity index (χ1v) is 12.6. The highest BCUT2D eigenvalue weighted by Gasteiger charge is 2.25. The number of methoxy groups -OCH3 is 2. The van der Waals surface area contributed by atoms with Crippen molar-refractivity contribution in [2.45, 2.75) is 0 Å². The van der Waals surface area contributed by atoms with E-state index in [0.29, 0.717) is 34.3 Å². The number of benzene rings is 3. The second-order valence-corrected chi connectivity index (χ2v) is 8.93. The Morgan fingerprint density at radius 2 is 1.45 bits per heavy atom. The van der Waals surface area contributed by atoms with Gasteiger partial charge >= 0.3 is 0 Å². The molecule has 194 valence electrons. The van der Waals surface area contributed by atoms with Gasteiger partial charge in [-0.25, -0.2) is 9.97 Å². The van der Waals surface area contributed by atoms with Crippen LogP contribution in [0.15, 0.2) is 103 Å². The maximum Gasteiger partial charge on any atom is 0.228 e. The molecule has 3 aromatic heterocycles. The smallest absolute Gasteiger partial charge is 0.228 e. The summed E-state index contributed by atoms with van der Waals surface area (Å²) in [5.41, 5.74) is 6.19. The first-order valence-electron chi connectivity index (χ1n) is 12.6. The van der Waals surface area contributed by atoms with E-state index in [1.807, 2.05) is 84.9 Å². The van der Waals surface area contributed by atoms with Crippen LogP contribution in [0.5, 0.6) is 11.6 Å². The number of rotatable bonds is 7. The highest BCUT2D eigenvalue weighted by atomic mass is 16.5. The minimum absolute atomic E-state index is 0.483. The second-order valence-electron chi connectivity index (χ2n) is 8.93. The van der Waals surface area contributed by atoms with Crippen LogP contribution in [-0.2, 0) is 0 Å². The third kappa shape index (κ3) is 4.46. The van der Waals surface area contributed by atoms with Gasteiger partial charge in [0.25, 0.3) is 0 Å². The van der Waals surface area contributed by atoms with Crippen LogP contribution in [0.2, 0.25) is 0 Å². The lowest BCUT2D eigenvalue weighted by molar-refractivity contribution is 0.387. The summed E-state index contributed by atoms with van der Waals surface area (Å²) in [6.07, 6.45) is 1.59. The molecule has 0 fully saturated rings. The molecule has 0 aliphatic carbocycles. The molecule has 6 aromatic rings. The van der Waals surface area contributed by atoms with Gasteiger partial charge in [0.2, 0.25) is 5.88 Å². The number of nitrogens with zero attached hydrogens (tertiary/aromatic N) is 5. The molecule has 0 spiro atoms. The summed E-state index contributed by atoms with van der Waals surface area (Å²) >= 11 is 0. The molecular weight excluding hydrogens is 500 g/mol. The van der Waals surface area contributed by atoms with Gasteiger partial charge in [-0.15, -0.1) is 0 Å². The van der Waals surface area contributed by atoms with Gasteiger partial charge in [0.1, 0.15) is 23.1 Å². The quantitative estimate of drug-likeness (QED) is 0.246. The number of pyridine rings is 1. The van der Waals surface area contributed by atoms with E-state index < -0.39 is 0 Å². The molecule has 0 aliphatic rings. The number of hydrogen-bond acceptors (Lipinski definition) is 7. The summed E-state index contributed by atoms with van der Waals surface area (Å²) in [6, 6.07) is 33.2. The molecule has 8 heteroatoms. The first kappa shape index (κ1) is 24.6. The Labute approximate surface area is 231 Å². The Kier molecular flexibility index (Phi) is 6.53. The van der Waals surface area contributed by atoms with Crippen molar-refractivity contribution >= 4 is 17.3 Å². The molecule has 0 amide bonds. The van der Waals surface area contributed by atoms with E-state index in [1.54, 1.807) is 37.1 Å². The lowest BCUT2D eigenvalue weighted by Gasteiger charge is -2.16. The van der Waals surface area contributed by atoms with Crippen LogP contribution < -0.4 is 14.8 Å². The van der Waals surface area contributed by atoms with Crippen molar-refractivity contribution in [1.29, 1.82) is 5.26 Å². The Balaban J connectivity index is 1.68. The van der Waals surface area contributed by atoms with Gasteiger partial charge in [-0.1, -0.05) is 72.8 Å². The number of nitriles is 1. The van der Waals surface area contributed by atoms with E-state index in [2.05, 4.69) is 16.4 Å². The van der Waals surface area contributed by atoms with Crippen LogP contribution in [0, 0.1) is 11.3 Å². The van der Waals surface area contributed by atoms with Crippen LogP contribution in [0.1, 0.15) is 5.56 Å².